The van der Waals surface area contributed by atoms with Crippen molar-refractivity contribution >= 4 is 23.0 Å². The van der Waals surface area contributed by atoms with E-state index in [1.807, 2.05) is 19.9 Å². The first-order valence-corrected chi connectivity index (χ1v) is 5.69. The van der Waals surface area contributed by atoms with Gasteiger partial charge in [-0.25, -0.2) is 0 Å². The first-order chi connectivity index (χ1) is 7.42. The Labute approximate surface area is 103 Å². The van der Waals surface area contributed by atoms with E-state index in [-0.39, 0.29) is 10.9 Å². The monoisotopic (exact) mass is 240 g/mol. The molecule has 0 aliphatic heterocycles. The summed E-state index contributed by atoms with van der Waals surface area (Å²) in [5, 5.41) is 12.4. The molecule has 0 radical (unpaired) electrons. The molecule has 0 spiro atoms. The van der Waals surface area contributed by atoms with Crippen molar-refractivity contribution in [2.45, 2.75) is 34.1 Å². The van der Waals surface area contributed by atoms with Crippen LogP contribution in [-0.4, -0.2) is 10.2 Å². The van der Waals surface area contributed by atoms with Gasteiger partial charge in [0.1, 0.15) is 5.75 Å². The van der Waals surface area contributed by atoms with E-state index in [1.54, 1.807) is 6.07 Å². The summed E-state index contributed by atoms with van der Waals surface area (Å²) < 4.78 is 0. The average molecular weight is 240 g/mol. The van der Waals surface area contributed by atoms with E-state index in [0.29, 0.717) is 0 Å². The highest BCUT2D eigenvalue weighted by Gasteiger charge is 2.03. The summed E-state index contributed by atoms with van der Waals surface area (Å²) >= 11 is 4.72. The number of aryl methyl sites for hydroxylation is 2. The van der Waals surface area contributed by atoms with Crippen LogP contribution in [0.1, 0.15) is 31.4 Å². The predicted molar refractivity (Wildman–Crippen MR) is 74.0 cm³/mol. The van der Waals surface area contributed by atoms with Crippen LogP contribution in [0.5, 0.6) is 5.75 Å². The van der Waals surface area contributed by atoms with Gasteiger partial charge in [-0.3, -0.25) is 0 Å². The van der Waals surface area contributed by atoms with Gasteiger partial charge in [-0.15, -0.1) is 0 Å². The molecule has 1 aromatic carbocycles. The van der Waals surface area contributed by atoms with Crippen molar-refractivity contribution in [3.8, 4) is 5.75 Å². The molecule has 3 nitrogen and oxygen atoms in total. The van der Waals surface area contributed by atoms with Crippen LogP contribution in [0.25, 0.3) is 0 Å². The quantitative estimate of drug-likeness (QED) is 0.521. The molecule has 0 atom stereocenters. The Hall–Kier alpha value is -1.29. The standard InChI is InChI=1S/C9H12N2OS.C3H8/c1-5-4-8(12)6(2)3-7(5)11-9(10)13;1-3-2/h3-4,12H,1-2H3,(H3,10,11,13);3H2,1-2H3. The number of anilines is 1. The fraction of sp³-hybridized carbons (Fsp3) is 0.417. The number of phenolic OH excluding ortho intramolecular Hbond substituents is 1. The highest BCUT2D eigenvalue weighted by Crippen LogP contribution is 2.24. The normalized spacial score (nSPS) is 9.00. The van der Waals surface area contributed by atoms with E-state index >= 15 is 0 Å². The zero-order chi connectivity index (χ0) is 12.7. The van der Waals surface area contributed by atoms with Gasteiger partial charge in [0.25, 0.3) is 0 Å². The number of hydrogen-bond acceptors (Lipinski definition) is 2. The molecule has 0 amide bonds. The summed E-state index contributed by atoms with van der Waals surface area (Å²) in [6, 6.07) is 3.49. The Bertz CT molecular complexity index is 364. The van der Waals surface area contributed by atoms with Gasteiger partial charge >= 0.3 is 0 Å². The van der Waals surface area contributed by atoms with Crippen LogP contribution in [0.15, 0.2) is 12.1 Å². The van der Waals surface area contributed by atoms with Crippen LogP contribution in [0.3, 0.4) is 0 Å². The SMILES string of the molecule is CCC.Cc1cc(NC(N)=S)c(C)cc1O. The first-order valence-electron chi connectivity index (χ1n) is 5.29. The molecule has 0 fully saturated rings. The summed E-state index contributed by atoms with van der Waals surface area (Å²) in [6.45, 7) is 7.94. The fourth-order valence-corrected chi connectivity index (χ4v) is 1.18. The molecule has 0 unspecified atom stereocenters. The van der Waals surface area contributed by atoms with E-state index in [9.17, 15) is 5.11 Å². The lowest BCUT2D eigenvalue weighted by Gasteiger charge is -2.09. The third-order valence-electron chi connectivity index (χ3n) is 1.80. The maximum Gasteiger partial charge on any atom is 0.168 e. The van der Waals surface area contributed by atoms with Gasteiger partial charge in [-0.05, 0) is 49.3 Å². The van der Waals surface area contributed by atoms with Crippen LogP contribution >= 0.6 is 12.2 Å². The molecule has 90 valence electrons. The minimum atomic E-state index is 0.230. The van der Waals surface area contributed by atoms with Crippen LogP contribution in [0.2, 0.25) is 0 Å². The van der Waals surface area contributed by atoms with Crippen molar-refractivity contribution in [1.82, 2.24) is 0 Å². The topological polar surface area (TPSA) is 58.3 Å². The molecule has 1 aromatic rings. The van der Waals surface area contributed by atoms with Gasteiger partial charge in [0.2, 0.25) is 0 Å². The van der Waals surface area contributed by atoms with Crippen molar-refractivity contribution < 1.29 is 5.11 Å². The number of nitrogens with two attached hydrogens (primary N) is 1. The maximum atomic E-state index is 9.37. The second-order valence-electron chi connectivity index (χ2n) is 3.65. The predicted octanol–water partition coefficient (Wildman–Crippen LogP) is 3.08. The van der Waals surface area contributed by atoms with Gasteiger partial charge in [0, 0.05) is 5.69 Å². The molecule has 4 N–H and O–H groups in total. The highest BCUT2D eigenvalue weighted by molar-refractivity contribution is 7.80. The number of rotatable bonds is 1. The van der Waals surface area contributed by atoms with E-state index in [4.69, 9.17) is 18.0 Å². The molecule has 4 heteroatoms. The highest BCUT2D eigenvalue weighted by atomic mass is 32.1. The lowest BCUT2D eigenvalue weighted by Crippen LogP contribution is -2.19. The third-order valence-corrected chi connectivity index (χ3v) is 1.90. The van der Waals surface area contributed by atoms with Crippen molar-refractivity contribution in [1.29, 1.82) is 0 Å². The van der Waals surface area contributed by atoms with E-state index in [2.05, 4.69) is 19.2 Å². The molecular weight excluding hydrogens is 220 g/mol. The Balaban J connectivity index is 0.000000673. The van der Waals surface area contributed by atoms with Gasteiger partial charge in [0.15, 0.2) is 5.11 Å². The molecule has 1 rings (SSSR count). The Morgan fingerprint density at radius 1 is 1.31 bits per heavy atom. The molecule has 0 aliphatic carbocycles. The number of aromatic hydroxyl groups is 1. The lowest BCUT2D eigenvalue weighted by atomic mass is 10.1. The third kappa shape index (κ3) is 4.98. The molecule has 0 bridgehead atoms. The summed E-state index contributed by atoms with van der Waals surface area (Å²) in [6.07, 6.45) is 1.25. The van der Waals surface area contributed by atoms with Crippen molar-refractivity contribution in [3.05, 3.63) is 23.3 Å². The zero-order valence-electron chi connectivity index (χ0n) is 10.3. The summed E-state index contributed by atoms with van der Waals surface area (Å²) in [7, 11) is 0. The number of benzene rings is 1. The second-order valence-corrected chi connectivity index (χ2v) is 4.09. The molecule has 0 heterocycles. The first kappa shape index (κ1) is 14.7. The van der Waals surface area contributed by atoms with Crippen LogP contribution in [0, 0.1) is 13.8 Å². The van der Waals surface area contributed by atoms with Crippen molar-refractivity contribution in [3.63, 3.8) is 0 Å². The van der Waals surface area contributed by atoms with E-state index < -0.39 is 0 Å². The molecule has 0 aliphatic rings. The largest absolute Gasteiger partial charge is 0.508 e. The Kier molecular flexibility index (Phi) is 6.49. The number of phenols is 1. The van der Waals surface area contributed by atoms with Crippen LogP contribution in [-0.2, 0) is 0 Å². The van der Waals surface area contributed by atoms with Gasteiger partial charge in [-0.1, -0.05) is 20.3 Å². The fourth-order valence-electron chi connectivity index (χ4n) is 1.07. The molecule has 0 saturated carbocycles. The summed E-state index contributed by atoms with van der Waals surface area (Å²) in [4.78, 5) is 0. The summed E-state index contributed by atoms with van der Waals surface area (Å²) in [5.74, 6) is 0.283. The zero-order valence-corrected chi connectivity index (χ0v) is 11.1. The second kappa shape index (κ2) is 7.06. The molecule has 0 aromatic heterocycles. The number of hydrogen-bond donors (Lipinski definition) is 3. The van der Waals surface area contributed by atoms with E-state index in [0.717, 1.165) is 16.8 Å². The minimum Gasteiger partial charge on any atom is -0.508 e. The lowest BCUT2D eigenvalue weighted by molar-refractivity contribution is 0.471. The van der Waals surface area contributed by atoms with E-state index in [1.165, 1.54) is 6.42 Å². The summed E-state index contributed by atoms with van der Waals surface area (Å²) in [5.41, 5.74) is 7.88. The number of thiocarbonyl (C=S) groups is 1. The Morgan fingerprint density at radius 2 is 1.81 bits per heavy atom. The Morgan fingerprint density at radius 3 is 2.25 bits per heavy atom. The number of nitrogens with one attached hydrogen (secondary N) is 1. The van der Waals surface area contributed by atoms with Crippen molar-refractivity contribution in [2.75, 3.05) is 5.32 Å². The van der Waals surface area contributed by atoms with Gasteiger partial charge in [0.05, 0.1) is 0 Å². The maximum absolute atomic E-state index is 9.37. The van der Waals surface area contributed by atoms with Gasteiger partial charge < -0.3 is 16.2 Å². The van der Waals surface area contributed by atoms with Crippen LogP contribution < -0.4 is 11.1 Å². The molecular formula is C12H20N2OS. The van der Waals surface area contributed by atoms with Crippen molar-refractivity contribution in [2.24, 2.45) is 5.73 Å². The van der Waals surface area contributed by atoms with Crippen LogP contribution in [0.4, 0.5) is 5.69 Å². The molecule has 0 saturated heterocycles. The van der Waals surface area contributed by atoms with Gasteiger partial charge in [-0.2, -0.15) is 0 Å². The average Bonchev–Trinajstić information content (AvgIpc) is 2.14. The minimum absolute atomic E-state index is 0.230. The molecule has 16 heavy (non-hydrogen) atoms. The smallest absolute Gasteiger partial charge is 0.168 e.